The number of likely N-dealkylation sites (tertiary alicyclic amines) is 1. The highest BCUT2D eigenvalue weighted by atomic mass is 16.2. The average molecular weight is 400 g/mol. The number of para-hydroxylation sites is 1. The molecule has 2 aliphatic rings. The van der Waals surface area contributed by atoms with E-state index < -0.39 is 0 Å². The second kappa shape index (κ2) is 8.19. The van der Waals surface area contributed by atoms with E-state index in [1.165, 1.54) is 18.4 Å². The molecule has 0 N–H and O–H groups in total. The van der Waals surface area contributed by atoms with Crippen molar-refractivity contribution in [2.24, 2.45) is 5.92 Å². The summed E-state index contributed by atoms with van der Waals surface area (Å²) in [6.45, 7) is 3.96. The van der Waals surface area contributed by atoms with Crippen LogP contribution < -0.4 is 0 Å². The number of aromatic nitrogens is 1. The van der Waals surface area contributed by atoms with Gasteiger partial charge in [-0.15, -0.1) is 0 Å². The Bertz CT molecular complexity index is 1040. The largest absolute Gasteiger partial charge is 0.341 e. The minimum Gasteiger partial charge on any atom is -0.341 e. The maximum Gasteiger partial charge on any atom is 0.254 e. The molecule has 3 aromatic rings. The Hall–Kier alpha value is -2.72. The van der Waals surface area contributed by atoms with Crippen molar-refractivity contribution in [3.8, 4) is 0 Å². The molecular weight excluding hydrogens is 370 g/mol. The molecule has 4 heteroatoms. The van der Waals surface area contributed by atoms with Crippen LogP contribution in [0.4, 0.5) is 0 Å². The Balaban J connectivity index is 1.28. The Kier molecular flexibility index (Phi) is 5.26. The van der Waals surface area contributed by atoms with Crippen LogP contribution in [0, 0.1) is 5.92 Å². The summed E-state index contributed by atoms with van der Waals surface area (Å²) in [5, 5.41) is 0.968. The maximum atomic E-state index is 13.4. The molecular formula is C26H29N3O. The first-order chi connectivity index (χ1) is 14.7. The molecule has 2 aromatic carbocycles. The first-order valence-electron chi connectivity index (χ1n) is 11.1. The fourth-order valence-corrected chi connectivity index (χ4v) is 4.68. The standard InChI is InChI=1S/C26H29N3O/c1-28(16-20-13-14-29(18-20)17-19-7-3-2-4-8-19)26(30)23-15-25(21-11-12-21)27-24-10-6-5-9-22(23)24/h2-10,15,20-21H,11-14,16-18H2,1H3/t20-/m1/s1. The molecule has 4 nitrogen and oxygen atoms in total. The Morgan fingerprint density at radius 2 is 1.83 bits per heavy atom. The maximum absolute atomic E-state index is 13.4. The number of rotatable bonds is 6. The lowest BCUT2D eigenvalue weighted by Crippen LogP contribution is -2.33. The van der Waals surface area contributed by atoms with E-state index in [2.05, 4.69) is 41.3 Å². The summed E-state index contributed by atoms with van der Waals surface area (Å²) < 4.78 is 0. The molecule has 0 bridgehead atoms. The minimum absolute atomic E-state index is 0.122. The lowest BCUT2D eigenvalue weighted by molar-refractivity contribution is 0.0775. The van der Waals surface area contributed by atoms with Crippen LogP contribution in [0.2, 0.25) is 0 Å². The van der Waals surface area contributed by atoms with E-state index in [-0.39, 0.29) is 5.91 Å². The molecule has 1 aromatic heterocycles. The van der Waals surface area contributed by atoms with Crippen molar-refractivity contribution in [3.63, 3.8) is 0 Å². The van der Waals surface area contributed by atoms with E-state index in [0.717, 1.165) is 54.8 Å². The van der Waals surface area contributed by atoms with Crippen LogP contribution in [0.15, 0.2) is 60.7 Å². The molecule has 0 radical (unpaired) electrons. The van der Waals surface area contributed by atoms with E-state index in [9.17, 15) is 4.79 Å². The fraction of sp³-hybridized carbons (Fsp3) is 0.385. The molecule has 2 fully saturated rings. The van der Waals surface area contributed by atoms with Crippen molar-refractivity contribution in [3.05, 3.63) is 77.5 Å². The summed E-state index contributed by atoms with van der Waals surface area (Å²) in [4.78, 5) is 22.6. The zero-order valence-electron chi connectivity index (χ0n) is 17.6. The van der Waals surface area contributed by atoms with Gasteiger partial charge in [-0.05, 0) is 49.4 Å². The number of amides is 1. The number of benzene rings is 2. The summed E-state index contributed by atoms with van der Waals surface area (Å²) in [5.74, 6) is 1.18. The Labute approximate surface area is 178 Å². The van der Waals surface area contributed by atoms with Gasteiger partial charge >= 0.3 is 0 Å². The van der Waals surface area contributed by atoms with Crippen LogP contribution in [0.3, 0.4) is 0 Å². The molecule has 1 amide bonds. The number of nitrogens with zero attached hydrogens (tertiary/aromatic N) is 3. The highest BCUT2D eigenvalue weighted by Gasteiger charge is 2.29. The number of carbonyl (C=O) groups excluding carboxylic acids is 1. The van der Waals surface area contributed by atoms with E-state index in [1.807, 2.05) is 36.2 Å². The van der Waals surface area contributed by atoms with Gasteiger partial charge in [-0.25, -0.2) is 0 Å². The van der Waals surface area contributed by atoms with Crippen LogP contribution in [-0.4, -0.2) is 47.4 Å². The second-order valence-corrected chi connectivity index (χ2v) is 8.95. The van der Waals surface area contributed by atoms with Crippen molar-refractivity contribution in [1.29, 1.82) is 0 Å². The molecule has 154 valence electrons. The summed E-state index contributed by atoms with van der Waals surface area (Å²) in [6, 6.07) is 20.7. The van der Waals surface area contributed by atoms with Crippen molar-refractivity contribution in [2.45, 2.75) is 31.7 Å². The molecule has 1 saturated carbocycles. The van der Waals surface area contributed by atoms with Crippen LogP contribution in [-0.2, 0) is 6.54 Å². The first kappa shape index (κ1) is 19.3. The monoisotopic (exact) mass is 399 g/mol. The van der Waals surface area contributed by atoms with Gasteiger partial charge in [-0.3, -0.25) is 14.7 Å². The third-order valence-electron chi connectivity index (χ3n) is 6.46. The topological polar surface area (TPSA) is 36.4 Å². The van der Waals surface area contributed by atoms with Gasteiger partial charge in [0, 0.05) is 43.7 Å². The first-order valence-corrected chi connectivity index (χ1v) is 11.1. The third kappa shape index (κ3) is 4.10. The molecule has 30 heavy (non-hydrogen) atoms. The molecule has 0 spiro atoms. The van der Waals surface area contributed by atoms with E-state index in [4.69, 9.17) is 4.98 Å². The fourth-order valence-electron chi connectivity index (χ4n) is 4.68. The SMILES string of the molecule is CN(C[C@H]1CCN(Cc2ccccc2)C1)C(=O)c1cc(C2CC2)nc2ccccc12. The zero-order chi connectivity index (χ0) is 20.5. The third-order valence-corrected chi connectivity index (χ3v) is 6.46. The van der Waals surface area contributed by atoms with Gasteiger partial charge < -0.3 is 4.90 Å². The highest BCUT2D eigenvalue weighted by Crippen LogP contribution is 2.40. The molecule has 0 unspecified atom stereocenters. The lowest BCUT2D eigenvalue weighted by Gasteiger charge is -2.23. The van der Waals surface area contributed by atoms with Crippen molar-refractivity contribution >= 4 is 16.8 Å². The number of fused-ring (bicyclic) bond motifs is 1. The molecule has 1 saturated heterocycles. The molecule has 2 heterocycles. The van der Waals surface area contributed by atoms with Gasteiger partial charge in [0.1, 0.15) is 0 Å². The molecule has 1 atom stereocenters. The normalized spacial score (nSPS) is 19.3. The van der Waals surface area contributed by atoms with Crippen LogP contribution >= 0.6 is 0 Å². The van der Waals surface area contributed by atoms with E-state index in [0.29, 0.717) is 11.8 Å². The summed E-state index contributed by atoms with van der Waals surface area (Å²) in [7, 11) is 1.95. The van der Waals surface area contributed by atoms with Gasteiger partial charge in [-0.1, -0.05) is 48.5 Å². The quantitative estimate of drug-likeness (QED) is 0.602. The van der Waals surface area contributed by atoms with Crippen molar-refractivity contribution in [2.75, 3.05) is 26.7 Å². The highest BCUT2D eigenvalue weighted by molar-refractivity contribution is 6.06. The summed E-state index contributed by atoms with van der Waals surface area (Å²) in [6.07, 6.45) is 3.52. The van der Waals surface area contributed by atoms with Crippen molar-refractivity contribution in [1.82, 2.24) is 14.8 Å². The number of hydrogen-bond donors (Lipinski definition) is 0. The Morgan fingerprint density at radius 1 is 1.07 bits per heavy atom. The zero-order valence-corrected chi connectivity index (χ0v) is 17.6. The number of hydrogen-bond acceptors (Lipinski definition) is 3. The van der Waals surface area contributed by atoms with E-state index >= 15 is 0 Å². The summed E-state index contributed by atoms with van der Waals surface area (Å²) >= 11 is 0. The molecule has 1 aliphatic carbocycles. The second-order valence-electron chi connectivity index (χ2n) is 8.95. The van der Waals surface area contributed by atoms with Crippen LogP contribution in [0.5, 0.6) is 0 Å². The number of carbonyl (C=O) groups is 1. The summed E-state index contributed by atoms with van der Waals surface area (Å²) in [5.41, 5.74) is 4.19. The Morgan fingerprint density at radius 3 is 2.63 bits per heavy atom. The molecule has 1 aliphatic heterocycles. The average Bonchev–Trinajstić information content (AvgIpc) is 3.54. The lowest BCUT2D eigenvalue weighted by atomic mass is 10.0. The van der Waals surface area contributed by atoms with Gasteiger partial charge in [0.15, 0.2) is 0 Å². The van der Waals surface area contributed by atoms with Gasteiger partial charge in [-0.2, -0.15) is 0 Å². The minimum atomic E-state index is 0.122. The predicted molar refractivity (Wildman–Crippen MR) is 121 cm³/mol. The number of pyridine rings is 1. The smallest absolute Gasteiger partial charge is 0.254 e. The van der Waals surface area contributed by atoms with Gasteiger partial charge in [0.2, 0.25) is 0 Å². The van der Waals surface area contributed by atoms with Gasteiger partial charge in [0.05, 0.1) is 11.1 Å². The molecule has 5 rings (SSSR count). The predicted octanol–water partition coefficient (Wildman–Crippen LogP) is 4.71. The van der Waals surface area contributed by atoms with Crippen LogP contribution in [0.1, 0.15) is 46.8 Å². The van der Waals surface area contributed by atoms with Crippen LogP contribution in [0.25, 0.3) is 10.9 Å². The van der Waals surface area contributed by atoms with Gasteiger partial charge in [0.25, 0.3) is 5.91 Å². The van der Waals surface area contributed by atoms with Crippen molar-refractivity contribution < 1.29 is 4.79 Å². The van der Waals surface area contributed by atoms with E-state index in [1.54, 1.807) is 0 Å².